The van der Waals surface area contributed by atoms with E-state index in [9.17, 15) is 15.0 Å². The van der Waals surface area contributed by atoms with Crippen molar-refractivity contribution in [2.45, 2.75) is 50.5 Å². The topological polar surface area (TPSA) is 96.4 Å². The average Bonchev–Trinajstić information content (AvgIpc) is 3.06. The van der Waals surface area contributed by atoms with Gasteiger partial charge in [-0.05, 0) is 19.9 Å². The molecular formula is C24H25NO6. The molecule has 2 fully saturated rings. The zero-order valence-corrected chi connectivity index (χ0v) is 17.4. The molecule has 2 N–H and O–H groups in total. The molecule has 0 radical (unpaired) electrons. The summed E-state index contributed by atoms with van der Waals surface area (Å²) in [7, 11) is 0. The van der Waals surface area contributed by atoms with Gasteiger partial charge in [0.1, 0.15) is 43.0 Å². The number of likely N-dealkylation sites (tertiary alicyclic amines) is 1. The Balaban J connectivity index is 1.66. The summed E-state index contributed by atoms with van der Waals surface area (Å²) in [5.74, 6) is -1.29. The quantitative estimate of drug-likeness (QED) is 0.608. The number of nitrogens with one attached hydrogen (secondary N) is 1. The van der Waals surface area contributed by atoms with Gasteiger partial charge >= 0.3 is 5.63 Å². The maximum absolute atomic E-state index is 13.4. The molecule has 2 aromatic carbocycles. The highest BCUT2D eigenvalue weighted by Gasteiger charge is 2.57. The summed E-state index contributed by atoms with van der Waals surface area (Å²) < 4.78 is 17.6. The molecule has 0 amide bonds. The minimum absolute atomic E-state index is 0.0489. The largest absolute Gasteiger partial charge is 0.871 e. The van der Waals surface area contributed by atoms with Crippen molar-refractivity contribution in [1.82, 2.24) is 0 Å². The van der Waals surface area contributed by atoms with Gasteiger partial charge in [0.2, 0.25) is 0 Å². The van der Waals surface area contributed by atoms with Crippen LogP contribution in [0, 0.1) is 0 Å². The highest BCUT2D eigenvalue weighted by molar-refractivity contribution is 5.83. The van der Waals surface area contributed by atoms with Crippen LogP contribution >= 0.6 is 0 Å². The average molecular weight is 423 g/mol. The number of quaternary nitrogens is 1. The Bertz CT molecular complexity index is 1160. The van der Waals surface area contributed by atoms with E-state index >= 15 is 0 Å². The van der Waals surface area contributed by atoms with Crippen LogP contribution in [0.25, 0.3) is 11.0 Å². The molecule has 2 aliphatic rings. The molecule has 7 heteroatoms. The first kappa shape index (κ1) is 20.2. The van der Waals surface area contributed by atoms with Crippen molar-refractivity contribution in [1.29, 1.82) is 0 Å². The number of hydrogen-bond acceptors (Lipinski definition) is 6. The van der Waals surface area contributed by atoms with Gasteiger partial charge in [0.05, 0.1) is 5.56 Å². The van der Waals surface area contributed by atoms with Crippen LogP contribution in [0.15, 0.2) is 63.8 Å². The number of aliphatic hydroxyl groups excluding tert-OH is 1. The van der Waals surface area contributed by atoms with E-state index in [-0.39, 0.29) is 16.9 Å². The Morgan fingerprint density at radius 2 is 1.74 bits per heavy atom. The minimum Gasteiger partial charge on any atom is -0.871 e. The van der Waals surface area contributed by atoms with Gasteiger partial charge in [0, 0.05) is 10.9 Å². The number of fused-ring (bicyclic) bond motifs is 2. The zero-order chi connectivity index (χ0) is 21.8. The first-order valence-electron chi connectivity index (χ1n) is 10.5. The van der Waals surface area contributed by atoms with Crippen LogP contribution in [0.1, 0.15) is 31.0 Å². The first-order chi connectivity index (χ1) is 14.8. The van der Waals surface area contributed by atoms with Gasteiger partial charge < -0.3 is 29.0 Å². The van der Waals surface area contributed by atoms with E-state index in [0.29, 0.717) is 18.5 Å². The number of piperidine rings is 1. The Kier molecular flexibility index (Phi) is 4.86. The van der Waals surface area contributed by atoms with Crippen molar-refractivity contribution in [2.75, 3.05) is 6.54 Å². The number of para-hydroxylation sites is 1. The summed E-state index contributed by atoms with van der Waals surface area (Å²) >= 11 is 0. The van der Waals surface area contributed by atoms with Crippen LogP contribution in [0.4, 0.5) is 0 Å². The number of benzene rings is 2. The lowest BCUT2D eigenvalue weighted by Crippen LogP contribution is -3.15. The second kappa shape index (κ2) is 7.46. The fourth-order valence-corrected chi connectivity index (χ4v) is 4.93. The van der Waals surface area contributed by atoms with Gasteiger partial charge in [-0.25, -0.2) is 4.79 Å². The molecule has 3 heterocycles. The second-order valence-electron chi connectivity index (χ2n) is 8.76. The van der Waals surface area contributed by atoms with Crippen LogP contribution in [0.2, 0.25) is 0 Å². The number of rotatable bonds is 3. The lowest BCUT2D eigenvalue weighted by molar-refractivity contribution is -0.957. The van der Waals surface area contributed by atoms with E-state index < -0.39 is 35.8 Å². The van der Waals surface area contributed by atoms with Crippen molar-refractivity contribution < 1.29 is 29.0 Å². The van der Waals surface area contributed by atoms with Gasteiger partial charge in [0.15, 0.2) is 5.79 Å². The van der Waals surface area contributed by atoms with Gasteiger partial charge in [-0.1, -0.05) is 54.3 Å². The molecule has 3 aromatic rings. The van der Waals surface area contributed by atoms with Gasteiger partial charge in [-0.3, -0.25) is 0 Å². The Hall–Kier alpha value is -2.71. The van der Waals surface area contributed by atoms with Crippen molar-refractivity contribution in [3.05, 3.63) is 76.1 Å². The summed E-state index contributed by atoms with van der Waals surface area (Å²) in [6.45, 7) is 4.37. The molecule has 1 aromatic heterocycles. The van der Waals surface area contributed by atoms with Gasteiger partial charge in [-0.2, -0.15) is 0 Å². The molecular weight excluding hydrogens is 398 g/mol. The molecule has 2 aliphatic heterocycles. The first-order valence-corrected chi connectivity index (χ1v) is 10.5. The van der Waals surface area contributed by atoms with Crippen LogP contribution in [-0.4, -0.2) is 35.8 Å². The van der Waals surface area contributed by atoms with Gasteiger partial charge in [0.25, 0.3) is 0 Å². The zero-order valence-electron chi connectivity index (χ0n) is 17.4. The van der Waals surface area contributed by atoms with Crippen molar-refractivity contribution in [2.24, 2.45) is 0 Å². The Labute approximate surface area is 179 Å². The maximum atomic E-state index is 13.4. The molecule has 5 rings (SSSR count). The van der Waals surface area contributed by atoms with E-state index in [2.05, 4.69) is 0 Å². The smallest absolute Gasteiger partial charge is 0.344 e. The van der Waals surface area contributed by atoms with E-state index in [1.807, 2.05) is 30.3 Å². The predicted molar refractivity (Wildman–Crippen MR) is 110 cm³/mol. The fourth-order valence-electron chi connectivity index (χ4n) is 4.93. The lowest BCUT2D eigenvalue weighted by atomic mass is 9.88. The normalized spacial score (nSPS) is 29.7. The lowest BCUT2D eigenvalue weighted by Gasteiger charge is -2.41. The molecule has 31 heavy (non-hydrogen) atoms. The Morgan fingerprint density at radius 1 is 1.06 bits per heavy atom. The number of ether oxygens (including phenoxy) is 2. The molecule has 1 unspecified atom stereocenters. The highest BCUT2D eigenvalue weighted by Crippen LogP contribution is 2.39. The monoisotopic (exact) mass is 423 g/mol. The molecule has 162 valence electrons. The molecule has 0 aliphatic carbocycles. The predicted octanol–water partition coefficient (Wildman–Crippen LogP) is 0.887. The van der Waals surface area contributed by atoms with Crippen molar-refractivity contribution in [3.8, 4) is 5.75 Å². The second-order valence-corrected chi connectivity index (χ2v) is 8.76. The van der Waals surface area contributed by atoms with Crippen molar-refractivity contribution >= 4 is 11.0 Å². The third-order valence-corrected chi connectivity index (χ3v) is 6.17. The van der Waals surface area contributed by atoms with E-state index in [1.165, 1.54) is 0 Å². The SMILES string of the molecule is CC1(C)O[C@@H]2[C@H](O1)[C@H](O)C[NH+](Cc1ccccc1)[C@H]2c1c([O-])c2ccccc2oc1=O. The molecule has 7 nitrogen and oxygen atoms in total. The van der Waals surface area contributed by atoms with Crippen LogP contribution in [0.3, 0.4) is 0 Å². The minimum atomic E-state index is -0.934. The van der Waals surface area contributed by atoms with Crippen LogP contribution in [-0.2, 0) is 16.0 Å². The Morgan fingerprint density at radius 3 is 2.52 bits per heavy atom. The standard InChI is InChI=1S/C24H25NO6/c1-24(2)30-21-16(26)13-25(12-14-8-4-3-5-9-14)19(22(21)31-24)18-20(27)15-10-6-7-11-17(15)29-23(18)28/h3-11,16,19,21-22,26-27H,12-13H2,1-2H3/t16-,19+,21-,22+/m1/s1. The summed E-state index contributed by atoms with van der Waals surface area (Å²) in [4.78, 5) is 13.9. The van der Waals surface area contributed by atoms with E-state index in [4.69, 9.17) is 13.9 Å². The summed E-state index contributed by atoms with van der Waals surface area (Å²) in [5.41, 5.74) is 0.682. The molecule has 5 atom stereocenters. The molecule has 2 saturated heterocycles. The van der Waals surface area contributed by atoms with Crippen LogP contribution in [0.5, 0.6) is 5.75 Å². The van der Waals surface area contributed by atoms with E-state index in [0.717, 1.165) is 10.5 Å². The summed E-state index contributed by atoms with van der Waals surface area (Å²) in [6, 6.07) is 15.9. The molecule has 0 spiro atoms. The molecule has 0 saturated carbocycles. The summed E-state index contributed by atoms with van der Waals surface area (Å²) in [6.07, 6.45) is -2.08. The molecule has 0 bridgehead atoms. The number of aliphatic hydroxyl groups is 1. The van der Waals surface area contributed by atoms with Crippen molar-refractivity contribution in [3.63, 3.8) is 0 Å². The number of hydrogen-bond donors (Lipinski definition) is 2. The van der Waals surface area contributed by atoms with Crippen LogP contribution < -0.4 is 15.6 Å². The highest BCUT2D eigenvalue weighted by atomic mass is 16.8. The summed E-state index contributed by atoms with van der Waals surface area (Å²) in [5, 5.41) is 24.6. The third kappa shape index (κ3) is 3.53. The van der Waals surface area contributed by atoms with Gasteiger partial charge in [-0.15, -0.1) is 0 Å². The fraction of sp³-hybridized carbons (Fsp3) is 0.375. The maximum Gasteiger partial charge on any atom is 0.344 e. The van der Waals surface area contributed by atoms with E-state index in [1.54, 1.807) is 38.1 Å². The third-order valence-electron chi connectivity index (χ3n) is 6.17.